The third-order valence-electron chi connectivity index (χ3n) is 4.41. The number of nitrogens with zero attached hydrogens (tertiary/aromatic N) is 3. The number of hydrogen-bond acceptors (Lipinski definition) is 5. The lowest BCUT2D eigenvalue weighted by molar-refractivity contribution is -0.141. The summed E-state index contributed by atoms with van der Waals surface area (Å²) in [7, 11) is 0. The Morgan fingerprint density at radius 1 is 1.65 bits per heavy atom. The van der Waals surface area contributed by atoms with Crippen LogP contribution in [-0.2, 0) is 16.0 Å². The van der Waals surface area contributed by atoms with Crippen molar-refractivity contribution in [1.82, 2.24) is 15.0 Å². The van der Waals surface area contributed by atoms with E-state index in [4.69, 9.17) is 15.6 Å². The number of aromatic nitrogens is 3. The molecule has 0 bridgehead atoms. The number of carboxylic acid groups (broad SMARTS) is 1. The molecule has 3 N–H and O–H groups in total. The van der Waals surface area contributed by atoms with Crippen molar-refractivity contribution >= 4 is 5.97 Å². The average Bonchev–Trinajstić information content (AvgIpc) is 2.85. The minimum atomic E-state index is -1.01. The van der Waals surface area contributed by atoms with Crippen LogP contribution in [0.15, 0.2) is 6.20 Å². The quantitative estimate of drug-likeness (QED) is 0.832. The summed E-state index contributed by atoms with van der Waals surface area (Å²) in [6.45, 7) is 0.758. The fourth-order valence-electron chi connectivity index (χ4n) is 3.05. The molecule has 2 atom stereocenters. The molecular formula is C13H20N4O3. The van der Waals surface area contributed by atoms with Crippen LogP contribution in [0.5, 0.6) is 0 Å². The van der Waals surface area contributed by atoms with Gasteiger partial charge in [0.25, 0.3) is 0 Å². The molecule has 2 unspecified atom stereocenters. The Kier molecular flexibility index (Phi) is 3.47. The number of nitrogens with two attached hydrogens (primary N) is 1. The van der Waals surface area contributed by atoms with Crippen molar-refractivity contribution in [2.75, 3.05) is 6.61 Å². The molecule has 2 heterocycles. The molecule has 1 aromatic rings. The SMILES string of the molecule is NC(Cc1cn(C2CCOC3(CCC3)C2)nn1)C(=O)O. The zero-order valence-electron chi connectivity index (χ0n) is 11.4. The normalized spacial score (nSPS) is 26.1. The summed E-state index contributed by atoms with van der Waals surface area (Å²) in [5, 5.41) is 17.0. The number of carboxylic acids is 1. The first-order valence-electron chi connectivity index (χ1n) is 7.11. The molecule has 1 aliphatic heterocycles. The van der Waals surface area contributed by atoms with E-state index in [1.807, 2.05) is 10.9 Å². The largest absolute Gasteiger partial charge is 0.480 e. The van der Waals surface area contributed by atoms with Crippen LogP contribution in [0.3, 0.4) is 0 Å². The van der Waals surface area contributed by atoms with E-state index in [9.17, 15) is 4.79 Å². The topological polar surface area (TPSA) is 103 Å². The molecule has 7 heteroatoms. The highest BCUT2D eigenvalue weighted by Crippen LogP contribution is 2.45. The molecule has 1 saturated carbocycles. The average molecular weight is 280 g/mol. The third kappa shape index (κ3) is 2.55. The lowest BCUT2D eigenvalue weighted by atomic mass is 9.74. The van der Waals surface area contributed by atoms with Gasteiger partial charge in [-0.15, -0.1) is 5.10 Å². The van der Waals surface area contributed by atoms with Crippen LogP contribution in [0.25, 0.3) is 0 Å². The number of rotatable bonds is 4. The first kappa shape index (κ1) is 13.5. The minimum absolute atomic E-state index is 0.0620. The van der Waals surface area contributed by atoms with E-state index in [2.05, 4.69) is 10.3 Å². The predicted octanol–water partition coefficient (Wildman–Crippen LogP) is 0.507. The summed E-state index contributed by atoms with van der Waals surface area (Å²) < 4.78 is 7.75. The van der Waals surface area contributed by atoms with E-state index in [1.54, 1.807) is 0 Å². The molecule has 1 spiro atoms. The van der Waals surface area contributed by atoms with Crippen LogP contribution in [0, 0.1) is 0 Å². The second kappa shape index (κ2) is 5.14. The molecule has 2 fully saturated rings. The summed E-state index contributed by atoms with van der Waals surface area (Å²) in [6.07, 6.45) is 7.44. The molecule has 3 rings (SSSR count). The molecule has 0 radical (unpaired) electrons. The van der Waals surface area contributed by atoms with Gasteiger partial charge in [0.2, 0.25) is 0 Å². The number of aliphatic carboxylic acids is 1. The van der Waals surface area contributed by atoms with Crippen molar-refractivity contribution < 1.29 is 14.6 Å². The molecule has 20 heavy (non-hydrogen) atoms. The maximum absolute atomic E-state index is 10.7. The highest BCUT2D eigenvalue weighted by atomic mass is 16.5. The highest BCUT2D eigenvalue weighted by Gasteiger charge is 2.43. The second-order valence-corrected chi connectivity index (χ2v) is 5.87. The first-order chi connectivity index (χ1) is 9.58. The fraction of sp³-hybridized carbons (Fsp3) is 0.769. The van der Waals surface area contributed by atoms with Crippen LogP contribution in [0.1, 0.15) is 43.8 Å². The van der Waals surface area contributed by atoms with E-state index >= 15 is 0 Å². The molecule has 1 aliphatic carbocycles. The van der Waals surface area contributed by atoms with Crippen LogP contribution in [0.4, 0.5) is 0 Å². The number of carbonyl (C=O) groups is 1. The molecule has 7 nitrogen and oxygen atoms in total. The van der Waals surface area contributed by atoms with Gasteiger partial charge in [0.1, 0.15) is 6.04 Å². The maximum atomic E-state index is 10.7. The van der Waals surface area contributed by atoms with Gasteiger partial charge in [-0.05, 0) is 32.1 Å². The zero-order chi connectivity index (χ0) is 14.2. The summed E-state index contributed by atoms with van der Waals surface area (Å²) >= 11 is 0. The Morgan fingerprint density at radius 2 is 2.45 bits per heavy atom. The lowest BCUT2D eigenvalue weighted by Crippen LogP contribution is -2.46. The molecule has 1 aromatic heterocycles. The van der Waals surface area contributed by atoms with Gasteiger partial charge in [0.15, 0.2) is 0 Å². The van der Waals surface area contributed by atoms with E-state index in [1.165, 1.54) is 6.42 Å². The summed E-state index contributed by atoms with van der Waals surface area (Å²) in [6, 6.07) is -0.626. The maximum Gasteiger partial charge on any atom is 0.320 e. The Bertz CT molecular complexity index is 498. The summed E-state index contributed by atoms with van der Waals surface area (Å²) in [5.41, 5.74) is 6.21. The van der Waals surface area contributed by atoms with Gasteiger partial charge >= 0.3 is 5.97 Å². The Balaban J connectivity index is 1.65. The van der Waals surface area contributed by atoms with Crippen molar-refractivity contribution in [2.45, 2.75) is 56.2 Å². The van der Waals surface area contributed by atoms with Gasteiger partial charge < -0.3 is 15.6 Å². The van der Waals surface area contributed by atoms with E-state index in [0.717, 1.165) is 32.3 Å². The third-order valence-corrected chi connectivity index (χ3v) is 4.41. The van der Waals surface area contributed by atoms with Crippen LogP contribution in [-0.4, -0.2) is 44.3 Å². The molecule has 1 saturated heterocycles. The lowest BCUT2D eigenvalue weighted by Gasteiger charge is -2.47. The highest BCUT2D eigenvalue weighted by molar-refractivity contribution is 5.73. The van der Waals surface area contributed by atoms with Gasteiger partial charge in [0, 0.05) is 19.2 Å². The molecular weight excluding hydrogens is 260 g/mol. The van der Waals surface area contributed by atoms with Gasteiger partial charge in [-0.2, -0.15) is 0 Å². The predicted molar refractivity (Wildman–Crippen MR) is 70.1 cm³/mol. The van der Waals surface area contributed by atoms with Crippen molar-refractivity contribution in [3.05, 3.63) is 11.9 Å². The Hall–Kier alpha value is -1.47. The van der Waals surface area contributed by atoms with Gasteiger partial charge in [-0.3, -0.25) is 4.79 Å². The van der Waals surface area contributed by atoms with E-state index in [0.29, 0.717) is 11.7 Å². The van der Waals surface area contributed by atoms with Gasteiger partial charge in [-0.25, -0.2) is 4.68 Å². The monoisotopic (exact) mass is 280 g/mol. The van der Waals surface area contributed by atoms with Crippen LogP contribution < -0.4 is 5.73 Å². The second-order valence-electron chi connectivity index (χ2n) is 5.87. The standard InChI is InChI=1S/C13H20N4O3/c14-11(12(18)19)6-9-8-17(16-15-9)10-2-5-20-13(7-10)3-1-4-13/h8,10-11H,1-7,14H2,(H,18,19). The molecule has 0 amide bonds. The Morgan fingerprint density at radius 3 is 3.10 bits per heavy atom. The molecule has 2 aliphatic rings. The van der Waals surface area contributed by atoms with Crippen molar-refractivity contribution in [3.8, 4) is 0 Å². The van der Waals surface area contributed by atoms with Crippen molar-refractivity contribution in [1.29, 1.82) is 0 Å². The summed E-state index contributed by atoms with van der Waals surface area (Å²) in [5.74, 6) is -1.01. The molecule has 110 valence electrons. The number of ether oxygens (including phenoxy) is 1. The van der Waals surface area contributed by atoms with Crippen LogP contribution >= 0.6 is 0 Å². The smallest absolute Gasteiger partial charge is 0.320 e. The number of hydrogen-bond donors (Lipinski definition) is 2. The minimum Gasteiger partial charge on any atom is -0.480 e. The van der Waals surface area contributed by atoms with Crippen molar-refractivity contribution in [3.63, 3.8) is 0 Å². The zero-order valence-corrected chi connectivity index (χ0v) is 11.4. The van der Waals surface area contributed by atoms with Gasteiger partial charge in [0.05, 0.1) is 17.3 Å². The van der Waals surface area contributed by atoms with Crippen LogP contribution in [0.2, 0.25) is 0 Å². The Labute approximate surface area is 117 Å². The summed E-state index contributed by atoms with van der Waals surface area (Å²) in [4.78, 5) is 10.7. The van der Waals surface area contributed by atoms with Crippen molar-refractivity contribution in [2.24, 2.45) is 5.73 Å². The first-order valence-corrected chi connectivity index (χ1v) is 7.11. The van der Waals surface area contributed by atoms with E-state index in [-0.39, 0.29) is 12.0 Å². The van der Waals surface area contributed by atoms with E-state index < -0.39 is 12.0 Å². The molecule has 0 aromatic carbocycles. The fourth-order valence-corrected chi connectivity index (χ4v) is 3.05. The van der Waals surface area contributed by atoms with Gasteiger partial charge in [-0.1, -0.05) is 5.21 Å².